The second-order valence-electron chi connectivity index (χ2n) is 7.80. The number of benzene rings is 4. The molecule has 158 valence electrons. The summed E-state index contributed by atoms with van der Waals surface area (Å²) in [5.41, 5.74) is 6.39. The summed E-state index contributed by atoms with van der Waals surface area (Å²) in [5.74, 6) is 0.684. The molecule has 3 nitrogen and oxygen atoms in total. The Morgan fingerprint density at radius 1 is 0.515 bits per heavy atom. The summed E-state index contributed by atoms with van der Waals surface area (Å²) in [6.45, 7) is 0. The van der Waals surface area contributed by atoms with Crippen molar-refractivity contribution in [3.63, 3.8) is 0 Å². The van der Waals surface area contributed by atoms with Gasteiger partial charge in [-0.2, -0.15) is 0 Å². The average molecular weight is 556 g/mol. The maximum absolute atomic E-state index is 6.12. The molecule has 0 aliphatic rings. The first-order valence-electron chi connectivity index (χ1n) is 10.5. The van der Waals surface area contributed by atoms with E-state index >= 15 is 0 Å². The summed E-state index contributed by atoms with van der Waals surface area (Å²) >= 11 is 7.19. The van der Waals surface area contributed by atoms with Crippen molar-refractivity contribution in [1.29, 1.82) is 0 Å². The minimum Gasteiger partial charge on any atom is -0.456 e. The minimum atomic E-state index is 0.684. The molecule has 0 amide bonds. The van der Waals surface area contributed by atoms with Gasteiger partial charge >= 0.3 is 0 Å². The molecular formula is C28H16Br2N2O. The molecule has 0 saturated carbocycles. The first-order chi connectivity index (χ1) is 16.1. The van der Waals surface area contributed by atoms with E-state index in [9.17, 15) is 0 Å². The van der Waals surface area contributed by atoms with E-state index in [0.29, 0.717) is 5.82 Å². The molecule has 0 spiro atoms. The van der Waals surface area contributed by atoms with Crippen LogP contribution in [0.4, 0.5) is 0 Å². The van der Waals surface area contributed by atoms with Crippen LogP contribution in [0.1, 0.15) is 0 Å². The van der Waals surface area contributed by atoms with Crippen LogP contribution in [0.25, 0.3) is 55.8 Å². The van der Waals surface area contributed by atoms with Crippen LogP contribution in [0.3, 0.4) is 0 Å². The largest absolute Gasteiger partial charge is 0.456 e. The third-order valence-corrected chi connectivity index (χ3v) is 6.51. The second-order valence-corrected chi connectivity index (χ2v) is 9.63. The fourth-order valence-electron chi connectivity index (χ4n) is 4.05. The number of halogens is 2. The molecule has 2 heterocycles. The third kappa shape index (κ3) is 3.88. The molecule has 33 heavy (non-hydrogen) atoms. The Morgan fingerprint density at radius 3 is 1.97 bits per heavy atom. The van der Waals surface area contributed by atoms with E-state index in [1.54, 1.807) is 0 Å². The third-order valence-electron chi connectivity index (χ3n) is 5.59. The van der Waals surface area contributed by atoms with Crippen LogP contribution in [-0.2, 0) is 0 Å². The Morgan fingerprint density at radius 2 is 1.18 bits per heavy atom. The van der Waals surface area contributed by atoms with E-state index in [1.165, 1.54) is 0 Å². The van der Waals surface area contributed by atoms with Crippen molar-refractivity contribution in [2.75, 3.05) is 0 Å². The number of rotatable bonds is 3. The Labute approximate surface area is 207 Å². The number of hydrogen-bond donors (Lipinski definition) is 0. The van der Waals surface area contributed by atoms with E-state index in [0.717, 1.165) is 59.0 Å². The average Bonchev–Trinajstić information content (AvgIpc) is 3.21. The molecule has 4 aromatic carbocycles. The van der Waals surface area contributed by atoms with Gasteiger partial charge in [0.1, 0.15) is 11.2 Å². The Kier molecular flexibility index (Phi) is 5.08. The standard InChI is InChI=1S/C28H16Br2N2O/c29-20-12-19(13-21(30)15-20)25-16-24(31-28(32-25)17-6-2-1-3-7-17)18-10-11-23-22-8-4-5-9-26(22)33-27(23)14-18/h1-16H. The highest BCUT2D eigenvalue weighted by Gasteiger charge is 2.13. The van der Waals surface area contributed by atoms with Gasteiger partial charge in [-0.15, -0.1) is 0 Å². The number of aromatic nitrogens is 2. The number of hydrogen-bond acceptors (Lipinski definition) is 3. The van der Waals surface area contributed by atoms with Crippen LogP contribution in [0, 0.1) is 0 Å². The molecule has 0 aliphatic heterocycles. The summed E-state index contributed by atoms with van der Waals surface area (Å²) in [4.78, 5) is 9.83. The van der Waals surface area contributed by atoms with Crippen molar-refractivity contribution in [3.8, 4) is 33.9 Å². The highest BCUT2D eigenvalue weighted by atomic mass is 79.9. The van der Waals surface area contributed by atoms with Crippen molar-refractivity contribution in [2.24, 2.45) is 0 Å². The fraction of sp³-hybridized carbons (Fsp3) is 0. The number of para-hydroxylation sites is 1. The van der Waals surface area contributed by atoms with E-state index < -0.39 is 0 Å². The van der Waals surface area contributed by atoms with Gasteiger partial charge in [0.15, 0.2) is 5.82 Å². The molecule has 2 aromatic heterocycles. The van der Waals surface area contributed by atoms with Gasteiger partial charge in [0.25, 0.3) is 0 Å². The Bertz CT molecular complexity index is 1620. The zero-order chi connectivity index (χ0) is 22.4. The maximum atomic E-state index is 6.12. The minimum absolute atomic E-state index is 0.684. The normalized spacial score (nSPS) is 11.3. The lowest BCUT2D eigenvalue weighted by Gasteiger charge is -2.10. The lowest BCUT2D eigenvalue weighted by molar-refractivity contribution is 0.669. The van der Waals surface area contributed by atoms with Crippen molar-refractivity contribution in [2.45, 2.75) is 0 Å². The van der Waals surface area contributed by atoms with Gasteiger partial charge in [-0.1, -0.05) is 86.5 Å². The van der Waals surface area contributed by atoms with Crippen molar-refractivity contribution in [3.05, 3.63) is 106 Å². The van der Waals surface area contributed by atoms with Crippen molar-refractivity contribution >= 4 is 53.8 Å². The second kappa shape index (κ2) is 8.25. The van der Waals surface area contributed by atoms with Crippen molar-refractivity contribution < 1.29 is 4.42 Å². The van der Waals surface area contributed by atoms with E-state index in [4.69, 9.17) is 14.4 Å². The zero-order valence-corrected chi connectivity index (χ0v) is 20.5. The molecule has 5 heteroatoms. The smallest absolute Gasteiger partial charge is 0.160 e. The predicted octanol–water partition coefficient (Wildman–Crippen LogP) is 8.90. The molecular weight excluding hydrogens is 540 g/mol. The monoisotopic (exact) mass is 554 g/mol. The van der Waals surface area contributed by atoms with Crippen molar-refractivity contribution in [1.82, 2.24) is 9.97 Å². The lowest BCUT2D eigenvalue weighted by atomic mass is 10.0. The molecule has 6 aromatic rings. The van der Waals surface area contributed by atoms with E-state index in [1.807, 2.05) is 60.7 Å². The topological polar surface area (TPSA) is 38.9 Å². The fourth-order valence-corrected chi connectivity index (χ4v) is 5.34. The lowest BCUT2D eigenvalue weighted by Crippen LogP contribution is -1.96. The quantitative estimate of drug-likeness (QED) is 0.219. The van der Waals surface area contributed by atoms with Crippen LogP contribution >= 0.6 is 31.9 Å². The molecule has 0 N–H and O–H groups in total. The van der Waals surface area contributed by atoms with Crippen LogP contribution in [-0.4, -0.2) is 9.97 Å². The molecule has 0 radical (unpaired) electrons. The molecule has 0 aliphatic carbocycles. The van der Waals surface area contributed by atoms with Gasteiger partial charge < -0.3 is 4.42 Å². The van der Waals surface area contributed by atoms with Crippen LogP contribution in [0.15, 0.2) is 110 Å². The van der Waals surface area contributed by atoms with Gasteiger partial charge in [-0.3, -0.25) is 0 Å². The SMILES string of the molecule is Brc1cc(Br)cc(-c2cc(-c3ccc4c(c3)oc3ccccc34)nc(-c3ccccc3)n2)c1. The molecule has 0 unspecified atom stereocenters. The van der Waals surface area contributed by atoms with E-state index in [-0.39, 0.29) is 0 Å². The van der Waals surface area contributed by atoms with E-state index in [2.05, 4.69) is 68.3 Å². The summed E-state index contributed by atoms with van der Waals surface area (Å²) in [6.07, 6.45) is 0. The zero-order valence-electron chi connectivity index (χ0n) is 17.3. The van der Waals surface area contributed by atoms with Gasteiger partial charge in [0.05, 0.1) is 11.4 Å². The first kappa shape index (κ1) is 20.3. The summed E-state index contributed by atoms with van der Waals surface area (Å²) in [7, 11) is 0. The van der Waals surface area contributed by atoms with Crippen LogP contribution in [0.2, 0.25) is 0 Å². The molecule has 0 bridgehead atoms. The molecule has 0 fully saturated rings. The molecule has 6 rings (SSSR count). The van der Waals surface area contributed by atoms with Gasteiger partial charge in [0, 0.05) is 36.4 Å². The predicted molar refractivity (Wildman–Crippen MR) is 141 cm³/mol. The summed E-state index contributed by atoms with van der Waals surface area (Å²) in [5, 5.41) is 2.22. The number of fused-ring (bicyclic) bond motifs is 3. The Balaban J connectivity index is 1.57. The van der Waals surface area contributed by atoms with Crippen LogP contribution < -0.4 is 0 Å². The summed E-state index contributed by atoms with van der Waals surface area (Å²) in [6, 6.07) is 32.6. The summed E-state index contributed by atoms with van der Waals surface area (Å²) < 4.78 is 8.09. The first-order valence-corrected chi connectivity index (χ1v) is 12.1. The highest BCUT2D eigenvalue weighted by molar-refractivity contribution is 9.11. The van der Waals surface area contributed by atoms with Gasteiger partial charge in [0.2, 0.25) is 0 Å². The number of nitrogens with zero attached hydrogens (tertiary/aromatic N) is 2. The molecule has 0 atom stereocenters. The molecule has 0 saturated heterocycles. The van der Waals surface area contributed by atoms with Gasteiger partial charge in [-0.05, 0) is 42.5 Å². The highest BCUT2D eigenvalue weighted by Crippen LogP contribution is 2.34. The Hall–Kier alpha value is -3.28. The maximum Gasteiger partial charge on any atom is 0.160 e. The number of furan rings is 1. The van der Waals surface area contributed by atoms with Crippen LogP contribution in [0.5, 0.6) is 0 Å². The van der Waals surface area contributed by atoms with Gasteiger partial charge in [-0.25, -0.2) is 9.97 Å².